The SMILES string of the molecule is COC(=O)C(CO[Si](c1ccccc1)(c1ccccc1)C(C)(C)C)Nc1ccnc(NCc2ccc(OC)cc2)n1. The lowest BCUT2D eigenvalue weighted by Crippen LogP contribution is -2.67. The van der Waals surface area contributed by atoms with Crippen LogP contribution in [0, 0.1) is 0 Å². The molecule has 1 atom stereocenters. The Balaban J connectivity index is 1.57. The van der Waals surface area contributed by atoms with Gasteiger partial charge >= 0.3 is 5.97 Å². The average Bonchev–Trinajstić information content (AvgIpc) is 3.00. The summed E-state index contributed by atoms with van der Waals surface area (Å²) in [5.41, 5.74) is 1.05. The summed E-state index contributed by atoms with van der Waals surface area (Å²) < 4.78 is 17.4. The molecule has 1 heterocycles. The van der Waals surface area contributed by atoms with Crippen LogP contribution in [0.25, 0.3) is 0 Å². The molecule has 0 fully saturated rings. The summed E-state index contributed by atoms with van der Waals surface area (Å²) in [5.74, 6) is 1.28. The van der Waals surface area contributed by atoms with Crippen molar-refractivity contribution >= 4 is 36.4 Å². The summed E-state index contributed by atoms with van der Waals surface area (Å²) >= 11 is 0. The summed E-state index contributed by atoms with van der Waals surface area (Å²) in [6, 6.07) is 29.3. The Hall–Kier alpha value is -4.21. The predicted molar refractivity (Wildman–Crippen MR) is 165 cm³/mol. The highest BCUT2D eigenvalue weighted by Crippen LogP contribution is 2.37. The van der Waals surface area contributed by atoms with Gasteiger partial charge in [0.05, 0.1) is 20.8 Å². The van der Waals surface area contributed by atoms with Gasteiger partial charge in [-0.25, -0.2) is 9.78 Å². The van der Waals surface area contributed by atoms with Crippen molar-refractivity contribution in [2.24, 2.45) is 0 Å². The van der Waals surface area contributed by atoms with Crippen molar-refractivity contribution in [3.63, 3.8) is 0 Å². The van der Waals surface area contributed by atoms with E-state index < -0.39 is 20.3 Å². The molecule has 0 amide bonds. The van der Waals surface area contributed by atoms with E-state index in [9.17, 15) is 4.79 Å². The number of methoxy groups -OCH3 is 2. The van der Waals surface area contributed by atoms with Crippen molar-refractivity contribution in [2.75, 3.05) is 31.5 Å². The summed E-state index contributed by atoms with van der Waals surface area (Å²) in [6.45, 7) is 7.23. The van der Waals surface area contributed by atoms with Gasteiger partial charge in [0, 0.05) is 12.7 Å². The molecule has 1 aromatic heterocycles. The second-order valence-electron chi connectivity index (χ2n) is 10.7. The number of nitrogens with one attached hydrogen (secondary N) is 2. The molecule has 0 spiro atoms. The van der Waals surface area contributed by atoms with Crippen LogP contribution in [0.5, 0.6) is 5.75 Å². The van der Waals surface area contributed by atoms with Crippen LogP contribution in [0.3, 0.4) is 0 Å². The standard InChI is InChI=1S/C32H38N4O4Si/c1-32(2,3)41(26-12-8-6-9-13-26,27-14-10-7-11-15-27)40-23-28(30(37)39-5)35-29-20-21-33-31(36-29)34-22-24-16-18-25(38-4)19-17-24/h6-21,28H,22-23H2,1-5H3,(H2,33,34,35,36). The summed E-state index contributed by atoms with van der Waals surface area (Å²) in [7, 11) is 0.159. The fraction of sp³-hybridized carbons (Fsp3) is 0.281. The van der Waals surface area contributed by atoms with Crippen molar-refractivity contribution in [1.82, 2.24) is 9.97 Å². The number of ether oxygens (including phenoxy) is 2. The minimum atomic E-state index is -2.86. The molecule has 3 aromatic carbocycles. The molecule has 0 bridgehead atoms. The Bertz CT molecular complexity index is 1360. The van der Waals surface area contributed by atoms with Crippen LogP contribution in [0.4, 0.5) is 11.8 Å². The van der Waals surface area contributed by atoms with Crippen LogP contribution >= 0.6 is 0 Å². The molecular weight excluding hydrogens is 532 g/mol. The number of rotatable bonds is 12. The molecule has 0 aliphatic heterocycles. The molecule has 0 saturated carbocycles. The van der Waals surface area contributed by atoms with Crippen molar-refractivity contribution < 1.29 is 18.7 Å². The maximum Gasteiger partial charge on any atom is 0.330 e. The van der Waals surface area contributed by atoms with Crippen LogP contribution in [0.15, 0.2) is 97.2 Å². The van der Waals surface area contributed by atoms with Crippen molar-refractivity contribution in [2.45, 2.75) is 38.4 Å². The Morgan fingerprint density at radius 1 is 0.878 bits per heavy atom. The molecule has 41 heavy (non-hydrogen) atoms. The van der Waals surface area contributed by atoms with Crippen LogP contribution in [0.1, 0.15) is 26.3 Å². The quantitative estimate of drug-likeness (QED) is 0.188. The average molecular weight is 571 g/mol. The van der Waals surface area contributed by atoms with Gasteiger partial charge in [-0.1, -0.05) is 93.6 Å². The van der Waals surface area contributed by atoms with E-state index in [1.807, 2.05) is 60.7 Å². The first-order chi connectivity index (χ1) is 19.8. The van der Waals surface area contributed by atoms with Gasteiger partial charge in [0.2, 0.25) is 5.95 Å². The maximum atomic E-state index is 13.0. The summed E-state index contributed by atoms with van der Waals surface area (Å²) in [4.78, 5) is 21.9. The molecule has 1 unspecified atom stereocenters. The maximum absolute atomic E-state index is 13.0. The van der Waals surface area contributed by atoms with Gasteiger partial charge in [-0.2, -0.15) is 4.98 Å². The Morgan fingerprint density at radius 3 is 2.02 bits per heavy atom. The molecule has 214 valence electrons. The largest absolute Gasteiger partial charge is 0.497 e. The van der Waals surface area contributed by atoms with Crippen molar-refractivity contribution in [3.8, 4) is 5.75 Å². The van der Waals surface area contributed by atoms with Crippen LogP contribution in [0.2, 0.25) is 5.04 Å². The monoisotopic (exact) mass is 570 g/mol. The molecule has 0 radical (unpaired) electrons. The molecule has 4 rings (SSSR count). The van der Waals surface area contributed by atoms with E-state index in [0.717, 1.165) is 21.7 Å². The summed E-state index contributed by atoms with van der Waals surface area (Å²) in [6.07, 6.45) is 1.64. The molecule has 9 heteroatoms. The van der Waals surface area contributed by atoms with Gasteiger partial charge < -0.3 is 24.5 Å². The van der Waals surface area contributed by atoms with Gasteiger partial charge in [-0.3, -0.25) is 0 Å². The third kappa shape index (κ3) is 7.11. The van der Waals surface area contributed by atoms with Crippen LogP contribution in [-0.2, 0) is 20.5 Å². The number of carbonyl (C=O) groups excluding carboxylic acids is 1. The second-order valence-corrected chi connectivity index (χ2v) is 15.0. The predicted octanol–water partition coefficient (Wildman–Crippen LogP) is 4.63. The Kier molecular flexibility index (Phi) is 9.75. The molecule has 0 aliphatic rings. The number of carbonyl (C=O) groups is 1. The van der Waals surface area contributed by atoms with Gasteiger partial charge in [0.15, 0.2) is 0 Å². The Morgan fingerprint density at radius 2 is 1.49 bits per heavy atom. The first-order valence-electron chi connectivity index (χ1n) is 13.6. The smallest absolute Gasteiger partial charge is 0.330 e. The fourth-order valence-corrected chi connectivity index (χ4v) is 9.48. The number of hydrogen-bond donors (Lipinski definition) is 2. The van der Waals surface area contributed by atoms with E-state index in [-0.39, 0.29) is 11.6 Å². The second kappa shape index (κ2) is 13.4. The number of anilines is 2. The van der Waals surface area contributed by atoms with Crippen molar-refractivity contribution in [3.05, 3.63) is 103 Å². The van der Waals surface area contributed by atoms with Crippen LogP contribution < -0.4 is 25.7 Å². The summed E-state index contributed by atoms with van der Waals surface area (Å²) in [5, 5.41) is 8.49. The topological polar surface area (TPSA) is 94.6 Å². The lowest BCUT2D eigenvalue weighted by atomic mass is 10.2. The molecular formula is C32H38N4O4Si. The third-order valence-corrected chi connectivity index (χ3v) is 12.0. The zero-order chi connectivity index (χ0) is 29.3. The molecule has 0 saturated heterocycles. The van der Waals surface area contributed by atoms with Crippen molar-refractivity contribution in [1.29, 1.82) is 0 Å². The molecule has 2 N–H and O–H groups in total. The lowest BCUT2D eigenvalue weighted by Gasteiger charge is -2.43. The van der Waals surface area contributed by atoms with E-state index in [2.05, 4.69) is 65.6 Å². The number of benzene rings is 3. The van der Waals surface area contributed by atoms with E-state index >= 15 is 0 Å². The van der Waals surface area contributed by atoms with E-state index in [1.54, 1.807) is 19.4 Å². The molecule has 0 aliphatic carbocycles. The van der Waals surface area contributed by atoms with E-state index in [1.165, 1.54) is 7.11 Å². The number of nitrogens with zero attached hydrogens (tertiary/aromatic N) is 2. The Labute approximate surface area is 243 Å². The minimum absolute atomic E-state index is 0.0958. The van der Waals surface area contributed by atoms with E-state index in [4.69, 9.17) is 13.9 Å². The van der Waals surface area contributed by atoms with Gasteiger partial charge in [0.25, 0.3) is 8.32 Å². The third-order valence-electron chi connectivity index (χ3n) is 6.96. The van der Waals surface area contributed by atoms with E-state index in [0.29, 0.717) is 18.3 Å². The fourth-order valence-electron chi connectivity index (χ4n) is 4.91. The first kappa shape index (κ1) is 29.8. The zero-order valence-corrected chi connectivity index (χ0v) is 25.3. The van der Waals surface area contributed by atoms with Gasteiger partial charge in [0.1, 0.15) is 17.6 Å². The zero-order valence-electron chi connectivity index (χ0n) is 24.3. The molecule has 4 aromatic rings. The van der Waals surface area contributed by atoms with Gasteiger partial charge in [-0.05, 0) is 39.2 Å². The highest BCUT2D eigenvalue weighted by atomic mass is 28.4. The highest BCUT2D eigenvalue weighted by molar-refractivity contribution is 6.99. The minimum Gasteiger partial charge on any atom is -0.497 e. The first-order valence-corrected chi connectivity index (χ1v) is 15.5. The number of esters is 1. The number of hydrogen-bond acceptors (Lipinski definition) is 8. The lowest BCUT2D eigenvalue weighted by molar-refractivity contribution is -0.142. The highest BCUT2D eigenvalue weighted by Gasteiger charge is 2.50. The number of aromatic nitrogens is 2. The van der Waals surface area contributed by atoms with Gasteiger partial charge in [-0.15, -0.1) is 0 Å². The normalized spacial score (nSPS) is 12.3. The van der Waals surface area contributed by atoms with Crippen LogP contribution in [-0.4, -0.2) is 51.1 Å². The molecule has 8 nitrogen and oxygen atoms in total.